The minimum absolute atomic E-state index is 0. The second kappa shape index (κ2) is 6.30. The van der Waals surface area contributed by atoms with Gasteiger partial charge in [-0.25, -0.2) is 0 Å². The fraction of sp³-hybridized carbons (Fsp3) is 0. The number of ketones is 2. The molecule has 5 rings (SSSR count). The molecule has 0 bridgehead atoms. The van der Waals surface area contributed by atoms with Crippen LogP contribution in [0.3, 0.4) is 0 Å². The number of anilines is 1. The normalized spacial score (nSPS) is 12.6. The van der Waals surface area contributed by atoms with Crippen LogP contribution in [0.5, 0.6) is 0 Å². The molecule has 5 nitrogen and oxygen atoms in total. The molecular weight excluding hydrogens is 368 g/mol. The number of H-pyrrole nitrogens is 1. The minimum atomic E-state index is -0.307. The number of pyridine rings is 1. The number of para-hydroxylation sites is 1. The van der Waals surface area contributed by atoms with E-state index in [0.717, 1.165) is 0 Å². The first-order valence-electron chi connectivity index (χ1n) is 8.13. The van der Waals surface area contributed by atoms with Crippen molar-refractivity contribution in [3.05, 3.63) is 87.1 Å². The molecule has 1 heterocycles. The Hall–Kier alpha value is -2.47. The number of hydrogen-bond donors (Lipinski definition) is 2. The summed E-state index contributed by atoms with van der Waals surface area (Å²) in [6, 6.07) is 15.2. The van der Waals surface area contributed by atoms with E-state index in [4.69, 9.17) is 5.73 Å². The average molecular weight is 380 g/mol. The van der Waals surface area contributed by atoms with Gasteiger partial charge in [0.2, 0.25) is 0 Å². The van der Waals surface area contributed by atoms with E-state index in [2.05, 4.69) is 4.98 Å². The van der Waals surface area contributed by atoms with Gasteiger partial charge in [-0.15, -0.1) is 0 Å². The van der Waals surface area contributed by atoms with E-state index in [1.807, 2.05) is 0 Å². The maximum atomic E-state index is 13.1. The van der Waals surface area contributed by atoms with Crippen LogP contribution in [0.25, 0.3) is 21.8 Å². The van der Waals surface area contributed by atoms with Crippen molar-refractivity contribution >= 4 is 39.1 Å². The zero-order valence-corrected chi connectivity index (χ0v) is 14.6. The molecule has 4 aromatic rings. The summed E-state index contributed by atoms with van der Waals surface area (Å²) >= 11 is 0. The second-order valence-electron chi connectivity index (χ2n) is 6.34. The predicted octanol–water partition coefficient (Wildman–Crippen LogP) is 3.04. The number of hydrogen-bond acceptors (Lipinski definition) is 4. The van der Waals surface area contributed by atoms with Crippen molar-refractivity contribution in [1.29, 1.82) is 0 Å². The van der Waals surface area contributed by atoms with Crippen molar-refractivity contribution in [2.24, 2.45) is 0 Å². The summed E-state index contributed by atoms with van der Waals surface area (Å²) in [5.74, 6) is -0.609. The quantitative estimate of drug-likeness (QED) is 0.319. The molecule has 0 amide bonds. The summed E-state index contributed by atoms with van der Waals surface area (Å²) in [6.07, 6.45) is 0. The van der Waals surface area contributed by atoms with Crippen molar-refractivity contribution in [2.75, 3.05) is 5.73 Å². The molecule has 3 aromatic carbocycles. The molecule has 1 aliphatic carbocycles. The third-order valence-electron chi connectivity index (χ3n) is 4.90. The van der Waals surface area contributed by atoms with E-state index in [-0.39, 0.29) is 71.5 Å². The number of benzene rings is 3. The number of fused-ring (bicyclic) bond motifs is 5. The topological polar surface area (TPSA) is 93.0 Å². The molecule has 0 unspecified atom stereocenters. The van der Waals surface area contributed by atoms with Crippen molar-refractivity contribution < 1.29 is 47.3 Å². The number of rotatable bonds is 0. The minimum Gasteiger partial charge on any atom is -0.398 e. The maximum absolute atomic E-state index is 13.1. The monoisotopic (exact) mass is 380 g/mol. The van der Waals surface area contributed by atoms with Gasteiger partial charge in [-0.3, -0.25) is 14.4 Å². The van der Waals surface area contributed by atoms with Crippen LogP contribution in [-0.2, 0) is 0 Å². The molecule has 0 spiro atoms. The molecular formula is C21H12ArN2O3. The van der Waals surface area contributed by atoms with Gasteiger partial charge < -0.3 is 10.7 Å². The fourth-order valence-electron chi connectivity index (χ4n) is 3.70. The zero-order chi connectivity index (χ0) is 18.0. The Morgan fingerprint density at radius 1 is 0.741 bits per heavy atom. The van der Waals surface area contributed by atoms with E-state index in [1.165, 1.54) is 6.07 Å². The third-order valence-corrected chi connectivity index (χ3v) is 4.90. The Kier molecular flexibility index (Phi) is 4.18. The summed E-state index contributed by atoms with van der Waals surface area (Å²) in [5.41, 5.74) is 7.97. The van der Waals surface area contributed by atoms with Gasteiger partial charge in [0.15, 0.2) is 17.0 Å². The predicted molar refractivity (Wildman–Crippen MR) is 99.8 cm³/mol. The number of nitrogens with two attached hydrogens (primary N) is 1. The number of carbonyl (C=O) groups is 2. The van der Waals surface area contributed by atoms with Crippen LogP contribution in [-0.4, -0.2) is 16.6 Å². The molecule has 0 aliphatic heterocycles. The number of carbonyl (C=O) groups excluding carboxylic acids is 2. The Bertz CT molecular complexity index is 1360. The smallest absolute Gasteiger partial charge is 0.197 e. The van der Waals surface area contributed by atoms with Gasteiger partial charge in [-0.2, -0.15) is 0 Å². The second-order valence-corrected chi connectivity index (χ2v) is 6.34. The molecule has 6 heteroatoms. The largest absolute Gasteiger partial charge is 0.398 e. The van der Waals surface area contributed by atoms with E-state index < -0.39 is 0 Å². The Labute approximate surface area is 183 Å². The summed E-state index contributed by atoms with van der Waals surface area (Å²) in [6.45, 7) is 0. The molecule has 1 aliphatic rings. The van der Waals surface area contributed by atoms with E-state index in [0.29, 0.717) is 32.9 Å². The molecule has 0 saturated carbocycles. The van der Waals surface area contributed by atoms with Crippen molar-refractivity contribution in [3.63, 3.8) is 0 Å². The first kappa shape index (κ1) is 17.9. The van der Waals surface area contributed by atoms with E-state index in [1.54, 1.807) is 48.5 Å². The molecule has 1 aromatic heterocycles. The van der Waals surface area contributed by atoms with E-state index >= 15 is 0 Å². The van der Waals surface area contributed by atoms with Crippen molar-refractivity contribution in [2.45, 2.75) is 0 Å². The summed E-state index contributed by atoms with van der Waals surface area (Å²) < 4.78 is 0. The van der Waals surface area contributed by atoms with Crippen LogP contribution in [0.15, 0.2) is 59.4 Å². The Morgan fingerprint density at radius 2 is 1.33 bits per heavy atom. The SMILES string of the molecule is Nc1cc2c(=O)c3ccccc3[nH]c2c2c1C(=O)c1ccccc1C2=O.[Ar]. The van der Waals surface area contributed by atoms with Crippen molar-refractivity contribution in [1.82, 2.24) is 4.98 Å². The summed E-state index contributed by atoms with van der Waals surface area (Å²) in [7, 11) is 0. The summed E-state index contributed by atoms with van der Waals surface area (Å²) in [4.78, 5) is 42.1. The van der Waals surface area contributed by atoms with Gasteiger partial charge >= 0.3 is 0 Å². The van der Waals surface area contributed by atoms with Gasteiger partial charge in [-0.1, -0.05) is 36.4 Å². The van der Waals surface area contributed by atoms with E-state index in [9.17, 15) is 14.4 Å². The molecule has 0 fully saturated rings. The molecule has 0 atom stereocenters. The maximum Gasteiger partial charge on any atom is 0.197 e. The number of aromatic nitrogens is 1. The molecule has 27 heavy (non-hydrogen) atoms. The molecule has 0 saturated heterocycles. The average Bonchev–Trinajstić information content (AvgIpc) is 2.66. The number of nitrogen functional groups attached to an aromatic ring is 1. The van der Waals surface area contributed by atoms with Gasteiger partial charge in [0.25, 0.3) is 0 Å². The standard InChI is InChI=1S/C21H12N2O3.Ar/c22-14-9-13-18(23-15-8-4-3-7-12(15)19(13)24)17-16(14)20(25)10-5-1-2-6-11(10)21(17)26;/h1-9H,22H2,(H,23,24);. The van der Waals surface area contributed by atoms with Gasteiger partial charge in [0.05, 0.1) is 16.6 Å². The van der Waals surface area contributed by atoms with Crippen LogP contribution >= 0.6 is 0 Å². The first-order valence-corrected chi connectivity index (χ1v) is 8.13. The van der Waals surface area contributed by atoms with Crippen molar-refractivity contribution in [3.8, 4) is 0 Å². The van der Waals surface area contributed by atoms with Crippen LogP contribution in [0.1, 0.15) is 31.8 Å². The Balaban J connectivity index is 0.00000180. The van der Waals surface area contributed by atoms with Crippen LogP contribution in [0, 0.1) is 37.7 Å². The molecule has 0 radical (unpaired) electrons. The van der Waals surface area contributed by atoms with Gasteiger partial charge in [0, 0.05) is 70.8 Å². The van der Waals surface area contributed by atoms with Gasteiger partial charge in [0.1, 0.15) is 0 Å². The third kappa shape index (κ3) is 2.39. The molecule has 3 N–H and O–H groups in total. The Morgan fingerprint density at radius 3 is 2.04 bits per heavy atom. The number of nitrogens with one attached hydrogen (secondary N) is 1. The van der Waals surface area contributed by atoms with Gasteiger partial charge in [-0.05, 0) is 18.2 Å². The zero-order valence-electron chi connectivity index (χ0n) is 13.9. The number of aromatic amines is 1. The van der Waals surface area contributed by atoms with Crippen LogP contribution in [0.2, 0.25) is 0 Å². The molecule has 132 valence electrons. The fourth-order valence-corrected chi connectivity index (χ4v) is 3.70. The van der Waals surface area contributed by atoms with Crippen LogP contribution in [0.4, 0.5) is 5.69 Å². The summed E-state index contributed by atoms with van der Waals surface area (Å²) in [5, 5.41) is 0.815. The van der Waals surface area contributed by atoms with Crippen LogP contribution < -0.4 is 11.2 Å². The first-order chi connectivity index (χ1) is 12.6.